The van der Waals surface area contributed by atoms with E-state index in [0.717, 1.165) is 0 Å². The molecule has 0 atom stereocenters. The Bertz CT molecular complexity index is 445. The van der Waals surface area contributed by atoms with Crippen molar-refractivity contribution in [3.05, 3.63) is 35.0 Å². The number of aromatic nitrogens is 1. The lowest BCUT2D eigenvalue weighted by atomic mass is 10.2. The average Bonchev–Trinajstić information content (AvgIpc) is 2.48. The molecule has 72 valence electrons. The number of oxazole rings is 1. The maximum atomic E-state index is 9.22. The molecule has 14 heavy (non-hydrogen) atoms. The monoisotopic (exact) mass is 209 g/mol. The molecule has 0 aliphatic heterocycles. The molecule has 0 fully saturated rings. The fourth-order valence-electron chi connectivity index (χ4n) is 1.14. The van der Waals surface area contributed by atoms with Gasteiger partial charge < -0.3 is 9.52 Å². The SMILES string of the molecule is Cc1nc(-c2ccccc2Cl)oc1O. The minimum Gasteiger partial charge on any atom is -0.479 e. The quantitative estimate of drug-likeness (QED) is 0.785. The molecule has 0 saturated heterocycles. The minimum absolute atomic E-state index is 0.167. The molecular weight excluding hydrogens is 202 g/mol. The summed E-state index contributed by atoms with van der Waals surface area (Å²) in [5, 5.41) is 9.77. The van der Waals surface area contributed by atoms with Crippen LogP contribution in [-0.4, -0.2) is 10.1 Å². The van der Waals surface area contributed by atoms with Gasteiger partial charge in [-0.2, -0.15) is 0 Å². The number of aromatic hydroxyl groups is 1. The van der Waals surface area contributed by atoms with Crippen LogP contribution in [0.4, 0.5) is 0 Å². The highest BCUT2D eigenvalue weighted by atomic mass is 35.5. The second kappa shape index (κ2) is 3.35. The van der Waals surface area contributed by atoms with Crippen LogP contribution in [0.3, 0.4) is 0 Å². The number of hydrogen-bond acceptors (Lipinski definition) is 3. The van der Waals surface area contributed by atoms with Crippen LogP contribution < -0.4 is 0 Å². The van der Waals surface area contributed by atoms with Gasteiger partial charge in [0.15, 0.2) is 0 Å². The largest absolute Gasteiger partial charge is 0.479 e. The van der Waals surface area contributed by atoms with E-state index in [2.05, 4.69) is 4.98 Å². The summed E-state index contributed by atoms with van der Waals surface area (Å²) < 4.78 is 5.04. The van der Waals surface area contributed by atoms with E-state index in [1.165, 1.54) is 0 Å². The number of halogens is 1. The third-order valence-electron chi connectivity index (χ3n) is 1.88. The molecule has 0 amide bonds. The lowest BCUT2D eigenvalue weighted by Gasteiger charge is -1.96. The first-order valence-corrected chi connectivity index (χ1v) is 4.47. The van der Waals surface area contributed by atoms with Crippen LogP contribution in [-0.2, 0) is 0 Å². The first-order chi connectivity index (χ1) is 6.68. The van der Waals surface area contributed by atoms with E-state index in [-0.39, 0.29) is 5.95 Å². The molecule has 0 bridgehead atoms. The third-order valence-corrected chi connectivity index (χ3v) is 2.21. The van der Waals surface area contributed by atoms with E-state index in [1.54, 1.807) is 19.1 Å². The zero-order valence-corrected chi connectivity index (χ0v) is 8.25. The van der Waals surface area contributed by atoms with Crippen molar-refractivity contribution in [3.8, 4) is 17.4 Å². The summed E-state index contributed by atoms with van der Waals surface area (Å²) in [6.07, 6.45) is 0. The summed E-state index contributed by atoms with van der Waals surface area (Å²) in [7, 11) is 0. The molecule has 4 heteroatoms. The molecule has 0 radical (unpaired) electrons. The van der Waals surface area contributed by atoms with Crippen LogP contribution in [0.25, 0.3) is 11.5 Å². The van der Waals surface area contributed by atoms with E-state index in [4.69, 9.17) is 16.0 Å². The smallest absolute Gasteiger partial charge is 0.306 e. The van der Waals surface area contributed by atoms with Gasteiger partial charge in [0.1, 0.15) is 5.69 Å². The van der Waals surface area contributed by atoms with Gasteiger partial charge in [-0.15, -0.1) is 0 Å². The fraction of sp³-hybridized carbons (Fsp3) is 0.100. The van der Waals surface area contributed by atoms with Crippen molar-refractivity contribution < 1.29 is 9.52 Å². The molecule has 1 N–H and O–H groups in total. The molecule has 0 saturated carbocycles. The molecule has 0 aliphatic rings. The molecular formula is C10H8ClNO2. The summed E-state index contributed by atoms with van der Waals surface area (Å²) in [6, 6.07) is 7.18. The van der Waals surface area contributed by atoms with Crippen LogP contribution >= 0.6 is 11.6 Å². The van der Waals surface area contributed by atoms with Crippen molar-refractivity contribution in [2.24, 2.45) is 0 Å². The second-order valence-corrected chi connectivity index (χ2v) is 3.30. The van der Waals surface area contributed by atoms with Crippen molar-refractivity contribution in [2.75, 3.05) is 0 Å². The number of nitrogens with zero attached hydrogens (tertiary/aromatic N) is 1. The van der Waals surface area contributed by atoms with Gasteiger partial charge in [-0.25, -0.2) is 4.98 Å². The molecule has 1 aromatic carbocycles. The zero-order chi connectivity index (χ0) is 10.1. The predicted molar refractivity (Wildman–Crippen MR) is 53.4 cm³/mol. The van der Waals surface area contributed by atoms with Gasteiger partial charge in [0, 0.05) is 0 Å². The highest BCUT2D eigenvalue weighted by Crippen LogP contribution is 2.30. The molecule has 0 aliphatic carbocycles. The Labute approximate surface area is 86.0 Å². The Morgan fingerprint density at radius 2 is 2.07 bits per heavy atom. The molecule has 2 aromatic rings. The van der Waals surface area contributed by atoms with Crippen molar-refractivity contribution in [1.29, 1.82) is 0 Å². The van der Waals surface area contributed by atoms with Gasteiger partial charge in [0.05, 0.1) is 10.6 Å². The first-order valence-electron chi connectivity index (χ1n) is 4.10. The van der Waals surface area contributed by atoms with Crippen LogP contribution in [0.1, 0.15) is 5.69 Å². The van der Waals surface area contributed by atoms with Crippen LogP contribution in [0.2, 0.25) is 5.02 Å². The summed E-state index contributed by atoms with van der Waals surface area (Å²) in [5.41, 5.74) is 1.14. The standard InChI is InChI=1S/C10H8ClNO2/c1-6-10(13)14-9(12-6)7-4-2-3-5-8(7)11/h2-5,13H,1H3. The first kappa shape index (κ1) is 9.09. The second-order valence-electron chi connectivity index (χ2n) is 2.89. The summed E-state index contributed by atoms with van der Waals surface area (Å²) in [5.74, 6) is 0.172. The number of aryl methyl sites for hydroxylation is 1. The Morgan fingerprint density at radius 3 is 2.64 bits per heavy atom. The van der Waals surface area contributed by atoms with Crippen LogP contribution in [0.5, 0.6) is 5.95 Å². The predicted octanol–water partition coefficient (Wildman–Crippen LogP) is 3.01. The lowest BCUT2D eigenvalue weighted by molar-refractivity contribution is 0.334. The van der Waals surface area contributed by atoms with Crippen molar-refractivity contribution in [1.82, 2.24) is 4.98 Å². The molecule has 1 heterocycles. The zero-order valence-electron chi connectivity index (χ0n) is 7.49. The van der Waals surface area contributed by atoms with E-state index < -0.39 is 0 Å². The van der Waals surface area contributed by atoms with Gasteiger partial charge in [0.25, 0.3) is 0 Å². The highest BCUT2D eigenvalue weighted by Gasteiger charge is 2.12. The maximum Gasteiger partial charge on any atom is 0.306 e. The Kier molecular flexibility index (Phi) is 2.17. The van der Waals surface area contributed by atoms with Gasteiger partial charge >= 0.3 is 5.95 Å². The van der Waals surface area contributed by atoms with E-state index in [0.29, 0.717) is 22.2 Å². The highest BCUT2D eigenvalue weighted by molar-refractivity contribution is 6.33. The molecule has 2 rings (SSSR count). The van der Waals surface area contributed by atoms with Crippen LogP contribution in [0.15, 0.2) is 28.7 Å². The topological polar surface area (TPSA) is 46.3 Å². The maximum absolute atomic E-state index is 9.22. The summed E-state index contributed by atoms with van der Waals surface area (Å²) >= 11 is 5.94. The van der Waals surface area contributed by atoms with Gasteiger partial charge in [0.2, 0.25) is 5.89 Å². The summed E-state index contributed by atoms with van der Waals surface area (Å²) in [4.78, 5) is 4.04. The summed E-state index contributed by atoms with van der Waals surface area (Å²) in [6.45, 7) is 1.67. The normalized spacial score (nSPS) is 10.4. The van der Waals surface area contributed by atoms with Gasteiger partial charge in [-0.3, -0.25) is 0 Å². The Hall–Kier alpha value is -1.48. The van der Waals surface area contributed by atoms with E-state index in [1.807, 2.05) is 12.1 Å². The fourth-order valence-corrected chi connectivity index (χ4v) is 1.35. The van der Waals surface area contributed by atoms with Crippen molar-refractivity contribution in [3.63, 3.8) is 0 Å². The van der Waals surface area contributed by atoms with Crippen molar-refractivity contribution >= 4 is 11.6 Å². The van der Waals surface area contributed by atoms with E-state index in [9.17, 15) is 5.11 Å². The molecule has 0 unspecified atom stereocenters. The number of benzene rings is 1. The lowest BCUT2D eigenvalue weighted by Crippen LogP contribution is -1.78. The average molecular weight is 210 g/mol. The molecule has 1 aromatic heterocycles. The Balaban J connectivity index is 2.55. The van der Waals surface area contributed by atoms with Crippen LogP contribution in [0, 0.1) is 6.92 Å². The van der Waals surface area contributed by atoms with E-state index >= 15 is 0 Å². The van der Waals surface area contributed by atoms with Gasteiger partial charge in [-0.05, 0) is 19.1 Å². The molecule has 0 spiro atoms. The molecule has 3 nitrogen and oxygen atoms in total. The third kappa shape index (κ3) is 1.46. The van der Waals surface area contributed by atoms with Gasteiger partial charge in [-0.1, -0.05) is 23.7 Å². The number of rotatable bonds is 1. The number of hydrogen-bond donors (Lipinski definition) is 1. The van der Waals surface area contributed by atoms with Crippen molar-refractivity contribution in [2.45, 2.75) is 6.92 Å². The Morgan fingerprint density at radius 1 is 1.36 bits per heavy atom. The minimum atomic E-state index is -0.167.